The van der Waals surface area contributed by atoms with E-state index in [0.717, 1.165) is 16.8 Å². The third-order valence-corrected chi connectivity index (χ3v) is 8.91. The zero-order chi connectivity index (χ0) is 22.4. The monoisotopic (exact) mass is 481 g/mol. The van der Waals surface area contributed by atoms with Gasteiger partial charge in [-0.05, 0) is 0 Å². The van der Waals surface area contributed by atoms with Crippen LogP contribution >= 0.6 is 0 Å². The Labute approximate surface area is 195 Å². The second-order valence-electron chi connectivity index (χ2n) is 8.66. The molecule has 0 N–H and O–H groups in total. The van der Waals surface area contributed by atoms with Crippen LogP contribution in [-0.4, -0.2) is 14.5 Å². The van der Waals surface area contributed by atoms with Crippen molar-refractivity contribution in [1.82, 2.24) is 0 Å². The molecule has 0 unspecified atom stereocenters. The number of hydrogen-bond donors (Lipinski definition) is 0. The van der Waals surface area contributed by atoms with Gasteiger partial charge in [0.2, 0.25) is 0 Å². The van der Waals surface area contributed by atoms with E-state index in [1.807, 2.05) is 12.1 Å². The van der Waals surface area contributed by atoms with Crippen molar-refractivity contribution >= 4 is 39.5 Å². The number of hydrogen-bond acceptors (Lipinski definition) is 0. The molecule has 0 aliphatic heterocycles. The molecule has 0 spiro atoms. The molecule has 0 bridgehead atoms. The Bertz CT molecular complexity index is 1520. The molecule has 0 saturated carbocycles. The van der Waals surface area contributed by atoms with Crippen molar-refractivity contribution in [2.24, 2.45) is 7.05 Å². The van der Waals surface area contributed by atoms with Gasteiger partial charge in [0, 0.05) is 0 Å². The summed E-state index contributed by atoms with van der Waals surface area (Å²) < 4.78 is 5.01. The maximum atomic E-state index is 7.79. The van der Waals surface area contributed by atoms with Crippen molar-refractivity contribution in [1.29, 1.82) is 0 Å². The summed E-state index contributed by atoms with van der Waals surface area (Å²) in [5, 5.41) is 2.61. The predicted octanol–water partition coefficient (Wildman–Crippen LogP) is 7.19. The molecule has 3 heteroatoms. The van der Waals surface area contributed by atoms with Gasteiger partial charge in [-0.1, -0.05) is 0 Å². The van der Waals surface area contributed by atoms with Gasteiger partial charge in [0.15, 0.2) is 0 Å². The van der Waals surface area contributed by atoms with Crippen LogP contribution in [-0.2, 0) is 7.05 Å². The fraction of sp³-hybridized carbons (Fsp3) is 0.172. The first-order valence-corrected chi connectivity index (χ1v) is 12.6. The Balaban J connectivity index is 1.90. The molecule has 3 aromatic carbocycles. The van der Waals surface area contributed by atoms with Crippen molar-refractivity contribution in [3.8, 4) is 22.4 Å². The van der Waals surface area contributed by atoms with E-state index < -0.39 is 0 Å². The average molecular weight is 480 g/mol. The standard InChI is InChI=1S/C29H25N2Se/c1-18(2)21-15-16-31(5)25(17-21)26-19(3)11-12-22-23-13-14-24(30-4)27(29(23)32-28(22)26)20-9-7-6-8-10-20/h6-18H,1-3,5H3/q+1. The quantitative estimate of drug-likeness (QED) is 0.147. The van der Waals surface area contributed by atoms with E-state index in [1.54, 1.807) is 0 Å². The van der Waals surface area contributed by atoms with Crippen LogP contribution in [0.1, 0.15) is 30.9 Å². The summed E-state index contributed by atoms with van der Waals surface area (Å²) in [5.41, 5.74) is 8.28. The van der Waals surface area contributed by atoms with Crippen molar-refractivity contribution in [3.63, 3.8) is 0 Å². The molecule has 0 amide bonds. The summed E-state index contributed by atoms with van der Waals surface area (Å²) in [5.74, 6) is 0.487. The zero-order valence-corrected chi connectivity index (χ0v) is 20.5. The Morgan fingerprint density at radius 3 is 2.25 bits per heavy atom. The SMILES string of the molecule is [C-]#[N+]c1ccc2c([se]c3c(-c4cc(C(C)C)cc[n+]4C)c(C)ccc32)c1-c1ccccc1. The van der Waals surface area contributed by atoms with Crippen molar-refractivity contribution in [3.05, 3.63) is 95.5 Å². The van der Waals surface area contributed by atoms with E-state index >= 15 is 0 Å². The number of aromatic nitrogens is 1. The van der Waals surface area contributed by atoms with Gasteiger partial charge in [0.05, 0.1) is 0 Å². The average Bonchev–Trinajstić information content (AvgIpc) is 3.18. The van der Waals surface area contributed by atoms with Crippen LogP contribution in [0.3, 0.4) is 0 Å². The Morgan fingerprint density at radius 2 is 1.56 bits per heavy atom. The second-order valence-corrected chi connectivity index (χ2v) is 10.8. The summed E-state index contributed by atoms with van der Waals surface area (Å²) in [7, 11) is 2.14. The Hall–Kier alpha value is -3.18. The Morgan fingerprint density at radius 1 is 0.875 bits per heavy atom. The summed E-state index contributed by atoms with van der Waals surface area (Å²) in [6, 6.07) is 23.7. The first-order valence-electron chi connectivity index (χ1n) is 10.9. The number of fused-ring (bicyclic) bond motifs is 3. The number of rotatable bonds is 3. The van der Waals surface area contributed by atoms with Crippen LogP contribution in [0.5, 0.6) is 0 Å². The number of pyridine rings is 1. The van der Waals surface area contributed by atoms with E-state index in [-0.39, 0.29) is 14.5 Å². The molecule has 0 saturated heterocycles. The molecule has 0 radical (unpaired) electrons. The van der Waals surface area contributed by atoms with Crippen LogP contribution in [0.15, 0.2) is 72.9 Å². The number of aryl methyl sites for hydroxylation is 2. The molecule has 0 atom stereocenters. The van der Waals surface area contributed by atoms with Crippen LogP contribution in [0.2, 0.25) is 0 Å². The van der Waals surface area contributed by atoms with Gasteiger partial charge < -0.3 is 0 Å². The predicted molar refractivity (Wildman–Crippen MR) is 136 cm³/mol. The third-order valence-electron chi connectivity index (χ3n) is 6.28. The molecule has 0 aliphatic rings. The summed E-state index contributed by atoms with van der Waals surface area (Å²) in [6.45, 7) is 14.5. The number of nitrogens with zero attached hydrogens (tertiary/aromatic N) is 2. The van der Waals surface area contributed by atoms with Crippen LogP contribution in [0, 0.1) is 13.5 Å². The maximum absolute atomic E-state index is 7.79. The molecule has 2 nitrogen and oxygen atoms in total. The van der Waals surface area contributed by atoms with Gasteiger partial charge in [-0.15, -0.1) is 0 Å². The molecule has 2 heterocycles. The molecule has 156 valence electrons. The minimum absolute atomic E-state index is 0.124. The van der Waals surface area contributed by atoms with Gasteiger partial charge in [-0.3, -0.25) is 0 Å². The molecule has 5 rings (SSSR count). The van der Waals surface area contributed by atoms with Crippen molar-refractivity contribution in [2.75, 3.05) is 0 Å². The van der Waals surface area contributed by atoms with E-state index in [1.165, 1.54) is 41.7 Å². The van der Waals surface area contributed by atoms with Gasteiger partial charge in [0.25, 0.3) is 0 Å². The molecule has 5 aromatic rings. The van der Waals surface area contributed by atoms with Gasteiger partial charge in [0.1, 0.15) is 0 Å². The van der Waals surface area contributed by atoms with Crippen LogP contribution in [0.25, 0.3) is 46.5 Å². The van der Waals surface area contributed by atoms with E-state index in [0.29, 0.717) is 5.92 Å². The minimum atomic E-state index is 0.124. The van der Waals surface area contributed by atoms with Gasteiger partial charge >= 0.3 is 196 Å². The fourth-order valence-electron chi connectivity index (χ4n) is 4.48. The molecular formula is C29H25N2Se+. The topological polar surface area (TPSA) is 8.24 Å². The molecule has 32 heavy (non-hydrogen) atoms. The summed E-state index contributed by atoms with van der Waals surface area (Å²) in [4.78, 5) is 3.89. The van der Waals surface area contributed by atoms with Crippen LogP contribution in [0.4, 0.5) is 5.69 Å². The first-order chi connectivity index (χ1) is 15.5. The van der Waals surface area contributed by atoms with Crippen LogP contribution < -0.4 is 4.57 Å². The number of benzene rings is 3. The van der Waals surface area contributed by atoms with Gasteiger partial charge in [-0.25, -0.2) is 0 Å². The van der Waals surface area contributed by atoms with E-state index in [2.05, 4.69) is 98.0 Å². The molecular weight excluding hydrogens is 455 g/mol. The Kier molecular flexibility index (Phi) is 5.22. The summed E-state index contributed by atoms with van der Waals surface area (Å²) >= 11 is 0.124. The normalized spacial score (nSPS) is 11.4. The molecule has 0 aliphatic carbocycles. The van der Waals surface area contributed by atoms with E-state index in [9.17, 15) is 0 Å². The summed E-state index contributed by atoms with van der Waals surface area (Å²) in [6.07, 6.45) is 2.19. The molecule has 0 fully saturated rings. The fourth-order valence-corrected chi connectivity index (χ4v) is 7.57. The molecule has 2 aromatic heterocycles. The zero-order valence-electron chi connectivity index (χ0n) is 18.8. The third kappa shape index (κ3) is 3.28. The van der Waals surface area contributed by atoms with Crippen molar-refractivity contribution < 1.29 is 4.57 Å². The first kappa shape index (κ1) is 20.7. The van der Waals surface area contributed by atoms with E-state index in [4.69, 9.17) is 6.57 Å². The second kappa shape index (κ2) is 8.06. The van der Waals surface area contributed by atoms with Gasteiger partial charge in [-0.2, -0.15) is 0 Å². The van der Waals surface area contributed by atoms with Crippen molar-refractivity contribution in [2.45, 2.75) is 26.7 Å².